The van der Waals surface area contributed by atoms with Crippen molar-refractivity contribution in [1.82, 2.24) is 10.2 Å². The third-order valence-corrected chi connectivity index (χ3v) is 7.45. The van der Waals surface area contributed by atoms with Crippen LogP contribution in [0.25, 0.3) is 10.8 Å². The second-order valence-corrected chi connectivity index (χ2v) is 9.88. The molecule has 1 amide bonds. The normalized spacial score (nSPS) is 19.7. The summed E-state index contributed by atoms with van der Waals surface area (Å²) < 4.78 is 14.4. The minimum Gasteiger partial charge on any atom is -0.370 e. The van der Waals surface area contributed by atoms with E-state index in [1.54, 1.807) is 6.07 Å². The standard InChI is InChI=1S/C28H32FN3O/c1-19-10-11-20(32-16-6-7-21(18-32)31(2)3)17-24(19)27(33)30-28(14-15-28)25-12-13-26(29)23-9-5-4-8-22(23)25/h4-5,8-13,17,21H,6-7,14-16,18H2,1-3H3,(H,30,33). The molecule has 0 bridgehead atoms. The van der Waals surface area contributed by atoms with Crippen LogP contribution in [0.4, 0.5) is 10.1 Å². The van der Waals surface area contributed by atoms with Crippen LogP contribution in [0.5, 0.6) is 0 Å². The summed E-state index contributed by atoms with van der Waals surface area (Å²) in [5.74, 6) is -0.279. The second kappa shape index (κ2) is 8.45. The zero-order valence-corrected chi connectivity index (χ0v) is 19.7. The number of hydrogen-bond donors (Lipinski definition) is 1. The zero-order valence-electron chi connectivity index (χ0n) is 19.7. The predicted octanol–water partition coefficient (Wildman–Crippen LogP) is 5.24. The van der Waals surface area contributed by atoms with Gasteiger partial charge in [0.2, 0.25) is 0 Å². The van der Waals surface area contributed by atoms with Crippen molar-refractivity contribution in [3.8, 4) is 0 Å². The Kier molecular flexibility index (Phi) is 5.61. The summed E-state index contributed by atoms with van der Waals surface area (Å²) in [6, 6.07) is 17.6. The predicted molar refractivity (Wildman–Crippen MR) is 132 cm³/mol. The van der Waals surface area contributed by atoms with Crippen LogP contribution in [0.1, 0.15) is 47.2 Å². The van der Waals surface area contributed by atoms with E-state index in [1.165, 1.54) is 12.5 Å². The van der Waals surface area contributed by atoms with Crippen molar-refractivity contribution in [3.63, 3.8) is 0 Å². The number of carbonyl (C=O) groups excluding carboxylic acids is 1. The highest BCUT2D eigenvalue weighted by molar-refractivity contribution is 5.98. The van der Waals surface area contributed by atoms with Gasteiger partial charge in [0.1, 0.15) is 5.82 Å². The van der Waals surface area contributed by atoms with E-state index in [0.29, 0.717) is 11.4 Å². The van der Waals surface area contributed by atoms with E-state index in [4.69, 9.17) is 0 Å². The molecule has 2 fully saturated rings. The Morgan fingerprint density at radius 3 is 2.58 bits per heavy atom. The van der Waals surface area contributed by atoms with Gasteiger partial charge in [0.25, 0.3) is 5.91 Å². The summed E-state index contributed by atoms with van der Waals surface area (Å²) in [4.78, 5) is 18.2. The number of likely N-dealkylation sites (N-methyl/N-ethyl adjacent to an activating group) is 1. The van der Waals surface area contributed by atoms with Gasteiger partial charge in [-0.1, -0.05) is 36.4 Å². The Morgan fingerprint density at radius 1 is 1.09 bits per heavy atom. The van der Waals surface area contributed by atoms with Gasteiger partial charge >= 0.3 is 0 Å². The van der Waals surface area contributed by atoms with Gasteiger partial charge in [-0.15, -0.1) is 0 Å². The lowest BCUT2D eigenvalue weighted by molar-refractivity contribution is 0.0930. The van der Waals surface area contributed by atoms with E-state index in [2.05, 4.69) is 41.3 Å². The van der Waals surface area contributed by atoms with Crippen LogP contribution in [0.2, 0.25) is 0 Å². The van der Waals surface area contributed by atoms with Gasteiger partial charge < -0.3 is 15.1 Å². The first-order chi connectivity index (χ1) is 15.9. The van der Waals surface area contributed by atoms with Gasteiger partial charge in [0, 0.05) is 35.8 Å². The minimum absolute atomic E-state index is 0.0542. The number of amides is 1. The van der Waals surface area contributed by atoms with Gasteiger partial charge in [-0.25, -0.2) is 4.39 Å². The molecule has 0 radical (unpaired) electrons. The van der Waals surface area contributed by atoms with Gasteiger partial charge in [0.05, 0.1) is 5.54 Å². The number of aryl methyl sites for hydroxylation is 1. The van der Waals surface area contributed by atoms with Gasteiger partial charge in [-0.05, 0) is 81.4 Å². The molecule has 3 aromatic rings. The fourth-order valence-electron chi connectivity index (χ4n) is 5.21. The smallest absolute Gasteiger partial charge is 0.252 e. The third kappa shape index (κ3) is 4.10. The molecule has 1 saturated heterocycles. The van der Waals surface area contributed by atoms with E-state index in [-0.39, 0.29) is 11.7 Å². The highest BCUT2D eigenvalue weighted by Gasteiger charge is 2.47. The van der Waals surface area contributed by atoms with Crippen LogP contribution in [0.15, 0.2) is 54.6 Å². The molecule has 4 nitrogen and oxygen atoms in total. The first-order valence-corrected chi connectivity index (χ1v) is 11.9. The van der Waals surface area contributed by atoms with Crippen LogP contribution in [0, 0.1) is 12.7 Å². The Morgan fingerprint density at radius 2 is 1.85 bits per heavy atom. The molecule has 1 aliphatic heterocycles. The average molecular weight is 446 g/mol. The summed E-state index contributed by atoms with van der Waals surface area (Å²) in [7, 11) is 4.27. The fourth-order valence-corrected chi connectivity index (χ4v) is 5.21. The Balaban J connectivity index is 1.42. The molecule has 33 heavy (non-hydrogen) atoms. The topological polar surface area (TPSA) is 35.6 Å². The lowest BCUT2D eigenvalue weighted by Gasteiger charge is -2.37. The average Bonchev–Trinajstić information content (AvgIpc) is 3.60. The molecule has 0 spiro atoms. The summed E-state index contributed by atoms with van der Waals surface area (Å²) in [6.45, 7) is 3.98. The first kappa shape index (κ1) is 21.9. The Bertz CT molecular complexity index is 1200. The number of fused-ring (bicyclic) bond motifs is 1. The van der Waals surface area contributed by atoms with E-state index >= 15 is 0 Å². The molecular weight excluding hydrogens is 413 g/mol. The van der Waals surface area contributed by atoms with E-state index in [9.17, 15) is 9.18 Å². The lowest BCUT2D eigenvalue weighted by Crippen LogP contribution is -2.45. The van der Waals surface area contributed by atoms with Crippen LogP contribution < -0.4 is 10.2 Å². The molecule has 1 saturated carbocycles. The Labute approximate surface area is 195 Å². The molecule has 1 N–H and O–H groups in total. The van der Waals surface area contributed by atoms with Crippen LogP contribution in [0.3, 0.4) is 0 Å². The second-order valence-electron chi connectivity index (χ2n) is 9.88. The van der Waals surface area contributed by atoms with Crippen molar-refractivity contribution in [3.05, 3.63) is 77.1 Å². The number of halogens is 1. The third-order valence-electron chi connectivity index (χ3n) is 7.45. The summed E-state index contributed by atoms with van der Waals surface area (Å²) in [5.41, 5.74) is 3.38. The van der Waals surface area contributed by atoms with Crippen molar-refractivity contribution < 1.29 is 9.18 Å². The lowest BCUT2D eigenvalue weighted by atomic mass is 9.95. The van der Waals surface area contributed by atoms with Crippen molar-refractivity contribution in [1.29, 1.82) is 0 Å². The van der Waals surface area contributed by atoms with Gasteiger partial charge in [0.15, 0.2) is 0 Å². The maximum Gasteiger partial charge on any atom is 0.252 e. The number of anilines is 1. The number of nitrogens with one attached hydrogen (secondary N) is 1. The maximum absolute atomic E-state index is 14.4. The van der Waals surface area contributed by atoms with Crippen molar-refractivity contribution >= 4 is 22.4 Å². The molecule has 1 aliphatic carbocycles. The zero-order chi connectivity index (χ0) is 23.2. The monoisotopic (exact) mass is 445 g/mol. The fraction of sp³-hybridized carbons (Fsp3) is 0.393. The Hall–Kier alpha value is -2.92. The number of benzene rings is 3. The van der Waals surface area contributed by atoms with Crippen LogP contribution in [-0.4, -0.2) is 44.0 Å². The molecule has 5 rings (SSSR count). The molecule has 3 aromatic carbocycles. The van der Waals surface area contributed by atoms with Crippen molar-refractivity contribution in [2.24, 2.45) is 0 Å². The highest BCUT2D eigenvalue weighted by atomic mass is 19.1. The molecule has 1 heterocycles. The number of hydrogen-bond acceptors (Lipinski definition) is 3. The first-order valence-electron chi connectivity index (χ1n) is 11.9. The molecule has 0 aromatic heterocycles. The van der Waals surface area contributed by atoms with E-state index < -0.39 is 5.54 Å². The number of nitrogens with zero attached hydrogens (tertiary/aromatic N) is 2. The highest BCUT2D eigenvalue weighted by Crippen LogP contribution is 2.48. The van der Waals surface area contributed by atoms with Crippen molar-refractivity contribution in [2.75, 3.05) is 32.1 Å². The maximum atomic E-state index is 14.4. The summed E-state index contributed by atoms with van der Waals surface area (Å²) in [5, 5.41) is 4.81. The summed E-state index contributed by atoms with van der Waals surface area (Å²) >= 11 is 0. The van der Waals surface area contributed by atoms with Crippen molar-refractivity contribution in [2.45, 2.75) is 44.2 Å². The van der Waals surface area contributed by atoms with Gasteiger partial charge in [-0.3, -0.25) is 4.79 Å². The SMILES string of the molecule is Cc1ccc(N2CCCC(N(C)C)C2)cc1C(=O)NC1(c2ccc(F)c3ccccc23)CC1. The molecule has 172 valence electrons. The van der Waals surface area contributed by atoms with Crippen LogP contribution in [-0.2, 0) is 5.54 Å². The van der Waals surface area contributed by atoms with E-state index in [1.807, 2.05) is 37.3 Å². The van der Waals surface area contributed by atoms with Gasteiger partial charge in [-0.2, -0.15) is 0 Å². The largest absolute Gasteiger partial charge is 0.370 e. The van der Waals surface area contributed by atoms with Crippen LogP contribution >= 0.6 is 0 Å². The minimum atomic E-state index is -0.423. The number of rotatable bonds is 5. The molecule has 1 atom stereocenters. The quantitative estimate of drug-likeness (QED) is 0.584. The summed E-state index contributed by atoms with van der Waals surface area (Å²) in [6.07, 6.45) is 4.09. The molecule has 5 heteroatoms. The number of carbonyl (C=O) groups is 1. The molecule has 1 unspecified atom stereocenters. The molecular formula is C28H32FN3O. The molecule has 2 aliphatic rings. The van der Waals surface area contributed by atoms with E-state index in [0.717, 1.165) is 60.1 Å². The number of piperidine rings is 1.